The summed E-state index contributed by atoms with van der Waals surface area (Å²) in [6.07, 6.45) is 0. The number of hydrogen-bond donors (Lipinski definition) is 0. The average molecular weight is 512 g/mol. The first kappa shape index (κ1) is 16.9. The molecule has 0 N–H and O–H groups in total. The van der Waals surface area contributed by atoms with Gasteiger partial charge in [-0.1, -0.05) is 0 Å². The van der Waals surface area contributed by atoms with Crippen LogP contribution in [0.3, 0.4) is 0 Å². The number of carbonyl (C=O) groups excluding carboxylic acids is 1. The van der Waals surface area contributed by atoms with Gasteiger partial charge in [-0.05, 0) is 0 Å². The van der Waals surface area contributed by atoms with Crippen molar-refractivity contribution in [1.82, 2.24) is 0 Å². The number of rotatable bonds is 5. The fourth-order valence-electron chi connectivity index (χ4n) is 3.16. The molecule has 0 saturated heterocycles. The van der Waals surface area contributed by atoms with Gasteiger partial charge in [0.2, 0.25) is 0 Å². The van der Waals surface area contributed by atoms with Crippen molar-refractivity contribution in [3.63, 3.8) is 0 Å². The third-order valence-corrected chi connectivity index (χ3v) is 21.1. The Morgan fingerprint density at radius 3 is 1.33 bits per heavy atom. The van der Waals surface area contributed by atoms with E-state index < -0.39 is 21.2 Å². The molecule has 0 aromatic heterocycles. The second kappa shape index (κ2) is 7.75. The van der Waals surface area contributed by atoms with Crippen molar-refractivity contribution < 1.29 is 9.53 Å². The second-order valence-electron chi connectivity index (χ2n) is 5.57. The van der Waals surface area contributed by atoms with Crippen LogP contribution in [0.5, 0.6) is 0 Å². The van der Waals surface area contributed by atoms with Gasteiger partial charge in [0, 0.05) is 0 Å². The molecule has 0 aliphatic carbocycles. The summed E-state index contributed by atoms with van der Waals surface area (Å²) in [6.45, 7) is 2.27. The molecule has 3 heteroatoms. The first-order valence-electron chi connectivity index (χ1n) is 8.14. The Labute approximate surface area is 147 Å². The number of carbonyl (C=O) groups is 1. The number of hydrogen-bond acceptors (Lipinski definition) is 2. The van der Waals surface area contributed by atoms with Gasteiger partial charge >= 0.3 is 148 Å². The molecule has 3 aromatic rings. The van der Waals surface area contributed by atoms with Crippen molar-refractivity contribution in [2.75, 3.05) is 6.61 Å². The SMILES string of the molecule is CCO[C](=O)[Pb]([c]1ccccc1)([c]1ccccc1)[c]1ccccc1. The number of benzene rings is 3. The van der Waals surface area contributed by atoms with Crippen LogP contribution in [-0.4, -0.2) is 31.3 Å². The quantitative estimate of drug-likeness (QED) is 0.493. The maximum absolute atomic E-state index is 13.3. The molecule has 0 aliphatic rings. The van der Waals surface area contributed by atoms with E-state index >= 15 is 0 Å². The van der Waals surface area contributed by atoms with E-state index in [0.717, 1.165) is 9.37 Å². The molecule has 0 fully saturated rings. The van der Waals surface area contributed by atoms with Crippen LogP contribution < -0.4 is 9.37 Å². The van der Waals surface area contributed by atoms with Crippen LogP contribution in [0.2, 0.25) is 0 Å². The van der Waals surface area contributed by atoms with Gasteiger partial charge in [-0.2, -0.15) is 0 Å². The zero-order chi connectivity index (χ0) is 16.8. The molecular weight excluding hydrogens is 491 g/mol. The zero-order valence-corrected chi connectivity index (χ0v) is 17.6. The summed E-state index contributed by atoms with van der Waals surface area (Å²) in [5.74, 6) is 0. The normalized spacial score (nSPS) is 11.0. The van der Waals surface area contributed by atoms with Crippen LogP contribution in [0, 0.1) is 0 Å². The molecule has 3 aromatic carbocycles. The molecule has 0 atom stereocenters. The van der Waals surface area contributed by atoms with Crippen LogP contribution in [0.15, 0.2) is 91.0 Å². The third-order valence-electron chi connectivity index (χ3n) is 4.20. The second-order valence-corrected chi connectivity index (χ2v) is 19.7. The average Bonchev–Trinajstić information content (AvgIpc) is 2.65. The summed E-state index contributed by atoms with van der Waals surface area (Å²) in [7, 11) is 0. The van der Waals surface area contributed by atoms with Gasteiger partial charge in [-0.3, -0.25) is 0 Å². The van der Waals surface area contributed by atoms with E-state index in [1.807, 2.05) is 61.5 Å². The Kier molecular flexibility index (Phi) is 5.45. The summed E-state index contributed by atoms with van der Waals surface area (Å²) in [5.41, 5.74) is 0. The van der Waals surface area contributed by atoms with E-state index in [0.29, 0.717) is 6.61 Å². The van der Waals surface area contributed by atoms with E-state index in [4.69, 9.17) is 4.74 Å². The molecule has 0 spiro atoms. The predicted octanol–water partition coefficient (Wildman–Crippen LogP) is 2.90. The van der Waals surface area contributed by atoms with Crippen molar-refractivity contribution in [1.29, 1.82) is 0 Å². The van der Waals surface area contributed by atoms with Gasteiger partial charge in [0.25, 0.3) is 0 Å². The van der Waals surface area contributed by atoms with E-state index in [1.165, 1.54) is 0 Å². The van der Waals surface area contributed by atoms with Gasteiger partial charge in [-0.15, -0.1) is 0 Å². The number of ether oxygens (including phenoxy) is 1. The minimum absolute atomic E-state index is 0.0337. The zero-order valence-electron chi connectivity index (χ0n) is 13.7. The molecule has 3 rings (SSSR count). The predicted molar refractivity (Wildman–Crippen MR) is 101 cm³/mol. The molecule has 120 valence electrons. The van der Waals surface area contributed by atoms with Gasteiger partial charge < -0.3 is 0 Å². The molecule has 0 bridgehead atoms. The molecule has 0 saturated carbocycles. The van der Waals surface area contributed by atoms with E-state index in [2.05, 4.69) is 36.4 Å². The molecule has 0 amide bonds. The van der Waals surface area contributed by atoms with Crippen LogP contribution in [0.1, 0.15) is 6.92 Å². The van der Waals surface area contributed by atoms with Gasteiger partial charge in [0.05, 0.1) is 0 Å². The fourth-order valence-corrected chi connectivity index (χ4v) is 19.3. The van der Waals surface area contributed by atoms with E-state index in [9.17, 15) is 4.79 Å². The summed E-state index contributed by atoms with van der Waals surface area (Å²) in [5, 5.41) is 0. The molecule has 2 nitrogen and oxygen atoms in total. The molecule has 24 heavy (non-hydrogen) atoms. The molecule has 0 aliphatic heterocycles. The maximum atomic E-state index is 13.3. The van der Waals surface area contributed by atoms with Gasteiger partial charge in [-0.25, -0.2) is 0 Å². The van der Waals surface area contributed by atoms with Gasteiger partial charge in [0.1, 0.15) is 0 Å². The summed E-state index contributed by atoms with van der Waals surface area (Å²) < 4.78 is 8.97. The van der Waals surface area contributed by atoms with Crippen molar-refractivity contribution in [2.24, 2.45) is 0 Å². The van der Waals surface area contributed by atoms with Crippen LogP contribution in [0.4, 0.5) is 4.79 Å². The molecular formula is C21H20O2Pb. The topological polar surface area (TPSA) is 26.3 Å². The van der Waals surface area contributed by atoms with Gasteiger partial charge in [0.15, 0.2) is 0 Å². The summed E-state index contributed by atoms with van der Waals surface area (Å²) in [6, 6.07) is 30.5. The third kappa shape index (κ3) is 3.03. The molecule has 0 heterocycles. The van der Waals surface area contributed by atoms with E-state index in [1.54, 1.807) is 0 Å². The fraction of sp³-hybridized carbons (Fsp3) is 0.0952. The van der Waals surface area contributed by atoms with Crippen LogP contribution in [-0.2, 0) is 4.74 Å². The standard InChI is InChI=1S/3C6H5.C3H5O2.Pb/c3*1-2-4-6-5-3-1;1-2-5-3-4;/h3*1-5H;2H2,1H3;. The Balaban J connectivity index is 2.35. The monoisotopic (exact) mass is 512 g/mol. The first-order valence-corrected chi connectivity index (χ1v) is 15.9. The van der Waals surface area contributed by atoms with Crippen LogP contribution >= 0.6 is 0 Å². The Morgan fingerprint density at radius 2 is 1.04 bits per heavy atom. The van der Waals surface area contributed by atoms with Crippen molar-refractivity contribution in [3.8, 4) is 0 Å². The van der Waals surface area contributed by atoms with Crippen molar-refractivity contribution in [3.05, 3.63) is 91.0 Å². The Morgan fingerprint density at radius 1 is 0.708 bits per heavy atom. The Bertz CT molecular complexity index is 689. The summed E-state index contributed by atoms with van der Waals surface area (Å²) >= 11 is -4.07. The molecule has 0 radical (unpaired) electrons. The Hall–Kier alpha value is -1.95. The summed E-state index contributed by atoms with van der Waals surface area (Å²) in [4.78, 5) is 13.3. The van der Waals surface area contributed by atoms with Crippen molar-refractivity contribution >= 4 is 34.1 Å². The van der Waals surface area contributed by atoms with Crippen molar-refractivity contribution in [2.45, 2.75) is 6.92 Å². The minimum atomic E-state index is -4.07. The molecule has 0 unspecified atom stereocenters. The van der Waals surface area contributed by atoms with E-state index in [-0.39, 0.29) is 3.53 Å². The van der Waals surface area contributed by atoms with Crippen LogP contribution in [0.25, 0.3) is 0 Å². The first-order chi connectivity index (χ1) is 11.8.